The summed E-state index contributed by atoms with van der Waals surface area (Å²) in [5, 5.41) is 0. The van der Waals surface area contributed by atoms with Crippen LogP contribution in [-0.2, 0) is 19.7 Å². The van der Waals surface area contributed by atoms with Crippen molar-refractivity contribution in [2.24, 2.45) is 0 Å². The standard InChI is InChI=1S/C13H19N3O4S/c1-2-7-14-21(18,19)15-11-3-5-12(6-4-11)16-8-9-20-10-13(16)17/h3-6,14-15H,2,7-10H2,1H3. The third kappa shape index (κ3) is 4.42. The van der Waals surface area contributed by atoms with E-state index in [-0.39, 0.29) is 12.5 Å². The summed E-state index contributed by atoms with van der Waals surface area (Å²) < 4.78 is 33.3. The van der Waals surface area contributed by atoms with Crippen molar-refractivity contribution in [3.05, 3.63) is 24.3 Å². The Labute approximate surface area is 124 Å². The third-order valence-electron chi connectivity index (χ3n) is 2.96. The van der Waals surface area contributed by atoms with Gasteiger partial charge in [0.05, 0.1) is 6.61 Å². The Kier molecular flexibility index (Phi) is 5.16. The monoisotopic (exact) mass is 313 g/mol. The SMILES string of the molecule is CCCNS(=O)(=O)Nc1ccc(N2CCOCC2=O)cc1. The zero-order chi connectivity index (χ0) is 15.3. The van der Waals surface area contributed by atoms with E-state index < -0.39 is 10.2 Å². The topological polar surface area (TPSA) is 87.7 Å². The maximum absolute atomic E-state index is 11.7. The van der Waals surface area contributed by atoms with Gasteiger partial charge >= 0.3 is 0 Å². The second kappa shape index (κ2) is 6.88. The van der Waals surface area contributed by atoms with Crippen molar-refractivity contribution in [3.63, 3.8) is 0 Å². The summed E-state index contributed by atoms with van der Waals surface area (Å²) in [6.45, 7) is 3.35. The molecule has 1 saturated heterocycles. The molecule has 2 N–H and O–H groups in total. The molecular formula is C13H19N3O4S. The van der Waals surface area contributed by atoms with Gasteiger partial charge < -0.3 is 9.64 Å². The summed E-state index contributed by atoms with van der Waals surface area (Å²) in [6.07, 6.45) is 0.721. The highest BCUT2D eigenvalue weighted by molar-refractivity contribution is 7.90. The van der Waals surface area contributed by atoms with Crippen LogP contribution in [-0.4, -0.2) is 40.6 Å². The molecule has 0 aliphatic carbocycles. The van der Waals surface area contributed by atoms with Crippen LogP contribution in [0, 0.1) is 0 Å². The average Bonchev–Trinajstić information content (AvgIpc) is 2.46. The number of hydrogen-bond acceptors (Lipinski definition) is 4. The number of carbonyl (C=O) groups excluding carboxylic acids is 1. The Hall–Kier alpha value is -1.64. The van der Waals surface area contributed by atoms with E-state index in [1.807, 2.05) is 6.92 Å². The molecule has 116 valence electrons. The molecule has 1 fully saturated rings. The first-order chi connectivity index (χ1) is 10.0. The van der Waals surface area contributed by atoms with Gasteiger partial charge in [-0.2, -0.15) is 13.1 Å². The van der Waals surface area contributed by atoms with Crippen molar-refractivity contribution in [1.82, 2.24) is 4.72 Å². The first-order valence-electron chi connectivity index (χ1n) is 6.77. The van der Waals surface area contributed by atoms with Crippen LogP contribution in [0.15, 0.2) is 24.3 Å². The maximum Gasteiger partial charge on any atom is 0.299 e. The predicted molar refractivity (Wildman–Crippen MR) is 80.5 cm³/mol. The summed E-state index contributed by atoms with van der Waals surface area (Å²) >= 11 is 0. The second-order valence-corrected chi connectivity index (χ2v) is 6.14. The lowest BCUT2D eigenvalue weighted by molar-refractivity contribution is -0.125. The highest BCUT2D eigenvalue weighted by atomic mass is 32.2. The first-order valence-corrected chi connectivity index (χ1v) is 8.26. The number of anilines is 2. The minimum absolute atomic E-state index is 0.0787. The van der Waals surface area contributed by atoms with Gasteiger partial charge in [-0.1, -0.05) is 6.92 Å². The van der Waals surface area contributed by atoms with Gasteiger partial charge in [0, 0.05) is 24.5 Å². The second-order valence-electron chi connectivity index (χ2n) is 4.64. The minimum atomic E-state index is -3.55. The summed E-state index contributed by atoms with van der Waals surface area (Å²) in [6, 6.07) is 6.67. The molecule has 0 unspecified atom stereocenters. The lowest BCUT2D eigenvalue weighted by Crippen LogP contribution is -2.41. The molecule has 0 aromatic heterocycles. The Balaban J connectivity index is 2.03. The van der Waals surface area contributed by atoms with Crippen molar-refractivity contribution in [2.45, 2.75) is 13.3 Å². The zero-order valence-corrected chi connectivity index (χ0v) is 12.6. The van der Waals surface area contributed by atoms with Crippen molar-refractivity contribution in [2.75, 3.05) is 35.9 Å². The molecule has 8 heteroatoms. The zero-order valence-electron chi connectivity index (χ0n) is 11.8. The predicted octanol–water partition coefficient (Wildman–Crippen LogP) is 0.706. The fourth-order valence-electron chi connectivity index (χ4n) is 1.93. The van der Waals surface area contributed by atoms with Gasteiger partial charge in [0.25, 0.3) is 16.1 Å². The molecule has 7 nitrogen and oxygen atoms in total. The van der Waals surface area contributed by atoms with Crippen LogP contribution in [0.2, 0.25) is 0 Å². The van der Waals surface area contributed by atoms with E-state index in [4.69, 9.17) is 4.74 Å². The van der Waals surface area contributed by atoms with Gasteiger partial charge in [0.1, 0.15) is 6.61 Å². The Morgan fingerprint density at radius 2 is 2.00 bits per heavy atom. The van der Waals surface area contributed by atoms with Gasteiger partial charge in [-0.15, -0.1) is 0 Å². The van der Waals surface area contributed by atoms with E-state index in [1.54, 1.807) is 29.2 Å². The van der Waals surface area contributed by atoms with Crippen molar-refractivity contribution in [1.29, 1.82) is 0 Å². The van der Waals surface area contributed by atoms with E-state index >= 15 is 0 Å². The molecule has 0 radical (unpaired) electrons. The molecule has 1 aliphatic heterocycles. The maximum atomic E-state index is 11.7. The lowest BCUT2D eigenvalue weighted by atomic mass is 10.2. The normalized spacial score (nSPS) is 16.0. The van der Waals surface area contributed by atoms with Crippen LogP contribution >= 0.6 is 0 Å². The smallest absolute Gasteiger partial charge is 0.299 e. The molecule has 0 spiro atoms. The molecule has 21 heavy (non-hydrogen) atoms. The van der Waals surface area contributed by atoms with Gasteiger partial charge in [-0.3, -0.25) is 9.52 Å². The molecule has 0 atom stereocenters. The number of carbonyl (C=O) groups is 1. The molecule has 1 amide bonds. The molecule has 1 heterocycles. The number of morpholine rings is 1. The van der Waals surface area contributed by atoms with Gasteiger partial charge in [0.15, 0.2) is 0 Å². The molecular weight excluding hydrogens is 294 g/mol. The highest BCUT2D eigenvalue weighted by Gasteiger charge is 2.20. The summed E-state index contributed by atoms with van der Waals surface area (Å²) in [7, 11) is -3.55. The highest BCUT2D eigenvalue weighted by Crippen LogP contribution is 2.20. The van der Waals surface area contributed by atoms with Crippen LogP contribution in [0.25, 0.3) is 0 Å². The third-order valence-corrected chi connectivity index (χ3v) is 4.05. The Morgan fingerprint density at radius 3 is 2.62 bits per heavy atom. The Bertz CT molecular complexity index is 586. The number of benzene rings is 1. The van der Waals surface area contributed by atoms with E-state index in [0.717, 1.165) is 12.1 Å². The van der Waals surface area contributed by atoms with Crippen LogP contribution in [0.3, 0.4) is 0 Å². The van der Waals surface area contributed by atoms with E-state index in [1.165, 1.54) is 0 Å². The fraction of sp³-hybridized carbons (Fsp3) is 0.462. The molecule has 0 bridgehead atoms. The quantitative estimate of drug-likeness (QED) is 0.809. The fourth-order valence-corrected chi connectivity index (χ4v) is 2.92. The lowest BCUT2D eigenvalue weighted by Gasteiger charge is -2.26. The average molecular weight is 313 g/mol. The molecule has 1 aromatic carbocycles. The van der Waals surface area contributed by atoms with Crippen molar-refractivity contribution < 1.29 is 17.9 Å². The summed E-state index contributed by atoms with van der Waals surface area (Å²) in [4.78, 5) is 13.3. The van der Waals surface area contributed by atoms with Crippen molar-refractivity contribution in [3.8, 4) is 0 Å². The molecule has 0 saturated carbocycles. The summed E-state index contributed by atoms with van der Waals surface area (Å²) in [5.74, 6) is -0.0980. The largest absolute Gasteiger partial charge is 0.370 e. The minimum Gasteiger partial charge on any atom is -0.370 e. The van der Waals surface area contributed by atoms with E-state index in [2.05, 4.69) is 9.44 Å². The van der Waals surface area contributed by atoms with Crippen LogP contribution in [0.4, 0.5) is 11.4 Å². The molecule has 1 aromatic rings. The molecule has 1 aliphatic rings. The van der Waals surface area contributed by atoms with Gasteiger partial charge in [-0.05, 0) is 30.7 Å². The number of ether oxygens (including phenoxy) is 1. The summed E-state index contributed by atoms with van der Waals surface area (Å²) in [5.41, 5.74) is 1.18. The number of amides is 1. The number of hydrogen-bond donors (Lipinski definition) is 2. The van der Waals surface area contributed by atoms with Crippen LogP contribution in [0.1, 0.15) is 13.3 Å². The number of nitrogens with zero attached hydrogens (tertiary/aromatic N) is 1. The first kappa shape index (κ1) is 15.7. The van der Waals surface area contributed by atoms with Gasteiger partial charge in [-0.25, -0.2) is 0 Å². The van der Waals surface area contributed by atoms with Crippen LogP contribution < -0.4 is 14.3 Å². The van der Waals surface area contributed by atoms with E-state index in [0.29, 0.717) is 25.4 Å². The van der Waals surface area contributed by atoms with Crippen LogP contribution in [0.5, 0.6) is 0 Å². The number of nitrogens with one attached hydrogen (secondary N) is 2. The van der Waals surface area contributed by atoms with Gasteiger partial charge in [0.2, 0.25) is 0 Å². The molecule has 2 rings (SSSR count). The Morgan fingerprint density at radius 1 is 1.29 bits per heavy atom. The van der Waals surface area contributed by atoms with Crippen molar-refractivity contribution >= 4 is 27.5 Å². The number of rotatable bonds is 6. The van der Waals surface area contributed by atoms with E-state index in [9.17, 15) is 13.2 Å².